The maximum absolute atomic E-state index is 14.4. The molecule has 26 nitrogen and oxygen atoms in total. The normalized spacial score (nSPS) is 26.1. The number of methoxy groups -OCH3 is 1. The Morgan fingerprint density at radius 1 is 1.00 bits per heavy atom. The summed E-state index contributed by atoms with van der Waals surface area (Å²) >= 11 is 0. The van der Waals surface area contributed by atoms with Crippen molar-refractivity contribution in [1.29, 1.82) is 0 Å². The fourth-order valence-electron chi connectivity index (χ4n) is 5.39. The molecule has 0 amide bonds. The van der Waals surface area contributed by atoms with Crippen molar-refractivity contribution in [1.82, 2.24) is 34.2 Å². The predicted molar refractivity (Wildman–Crippen MR) is 172 cm³/mol. The molecular formula is C23H36N9NaO17P3+. The number of nitrogens with two attached hydrogens (primary N) is 2. The van der Waals surface area contributed by atoms with Crippen LogP contribution in [0.4, 0.5) is 11.8 Å². The molecule has 5 rings (SSSR count). The topological polar surface area (TPSA) is 380 Å². The first-order valence-electron chi connectivity index (χ1n) is 15.0. The molecule has 53 heavy (non-hydrogen) atoms. The first-order valence-corrected chi connectivity index (χ1v) is 19.6. The summed E-state index contributed by atoms with van der Waals surface area (Å²) in [6.45, 7) is -2.18. The molecule has 3 aromatic rings. The Labute approximate surface area is 319 Å². The average Bonchev–Trinajstić information content (AvgIpc) is 3.73. The van der Waals surface area contributed by atoms with Gasteiger partial charge in [-0.1, -0.05) is 0 Å². The molecule has 2 aliphatic heterocycles. The Kier molecular flexibility index (Phi) is 14.7. The summed E-state index contributed by atoms with van der Waals surface area (Å²) in [4.78, 5) is 75.7. The smallest absolute Gasteiger partial charge is 0.388 e. The van der Waals surface area contributed by atoms with Gasteiger partial charge in [-0.2, -0.15) is 4.98 Å². The number of aromatic nitrogens is 6. The van der Waals surface area contributed by atoms with E-state index < -0.39 is 97.3 Å². The quantitative estimate of drug-likeness (QED) is 0.0349. The molecule has 0 bridgehead atoms. The van der Waals surface area contributed by atoms with Crippen LogP contribution >= 0.6 is 23.4 Å². The van der Waals surface area contributed by atoms with Crippen LogP contribution in [0.1, 0.15) is 25.3 Å². The van der Waals surface area contributed by atoms with Crippen LogP contribution in [0.3, 0.4) is 0 Å². The molecule has 0 aliphatic carbocycles. The molecule has 30 heteroatoms. The van der Waals surface area contributed by atoms with Crippen LogP contribution in [0, 0.1) is 0 Å². The van der Waals surface area contributed by atoms with Gasteiger partial charge in [0.05, 0.1) is 44.6 Å². The SMILES string of the molecule is CO[C@@H]1[C@H](OP(=O)(NCCCOP(=O)(O)O)OC[C@@H]2C[C@@H](O)[C@H](n3cc(N)ncc3=O)O2)[C@@H](COP(=O)(O)O)O[C@H]1n1cnc2c(=O)[nH]c(N)nc21.[Na+]. The van der Waals surface area contributed by atoms with E-state index in [0.717, 1.165) is 17.1 Å². The number of anilines is 2. The molecule has 8 atom stereocenters. The van der Waals surface area contributed by atoms with Gasteiger partial charge in [0.1, 0.15) is 30.2 Å². The van der Waals surface area contributed by atoms with Gasteiger partial charge in [0.15, 0.2) is 23.6 Å². The number of nitrogens with one attached hydrogen (secondary N) is 2. The molecule has 1 unspecified atom stereocenters. The first kappa shape index (κ1) is 43.7. The molecule has 11 N–H and O–H groups in total. The maximum Gasteiger partial charge on any atom is 1.00 e. The number of nitrogen functional groups attached to an aromatic ring is 2. The van der Waals surface area contributed by atoms with Crippen LogP contribution < -0.4 is 57.2 Å². The van der Waals surface area contributed by atoms with Crippen molar-refractivity contribution in [3.63, 3.8) is 0 Å². The Balaban J connectivity index is 0.00000627. The summed E-state index contributed by atoms with van der Waals surface area (Å²) in [5, 5.41) is 13.2. The molecule has 0 saturated carbocycles. The molecule has 290 valence electrons. The molecule has 5 heterocycles. The summed E-state index contributed by atoms with van der Waals surface area (Å²) in [5.74, 6) is -0.305. The van der Waals surface area contributed by atoms with Gasteiger partial charge in [-0.3, -0.25) is 41.8 Å². The van der Waals surface area contributed by atoms with Crippen molar-refractivity contribution in [3.05, 3.63) is 39.4 Å². The van der Waals surface area contributed by atoms with Gasteiger partial charge >= 0.3 is 52.9 Å². The van der Waals surface area contributed by atoms with Gasteiger partial charge in [-0.15, -0.1) is 0 Å². The summed E-state index contributed by atoms with van der Waals surface area (Å²) < 4.78 is 77.5. The number of aliphatic hydroxyl groups excluding tert-OH is 1. The number of hydrogen-bond donors (Lipinski definition) is 9. The van der Waals surface area contributed by atoms with E-state index in [1.807, 2.05) is 0 Å². The molecule has 0 spiro atoms. The second kappa shape index (κ2) is 17.9. The number of rotatable bonds is 17. The van der Waals surface area contributed by atoms with E-state index in [-0.39, 0.29) is 71.9 Å². The zero-order valence-corrected chi connectivity index (χ0v) is 32.6. The third-order valence-electron chi connectivity index (χ3n) is 7.56. The van der Waals surface area contributed by atoms with Crippen LogP contribution in [0.25, 0.3) is 11.2 Å². The third-order valence-corrected chi connectivity index (χ3v) is 10.2. The second-order valence-electron chi connectivity index (χ2n) is 11.3. The third kappa shape index (κ3) is 11.3. The van der Waals surface area contributed by atoms with E-state index in [2.05, 4.69) is 34.1 Å². The van der Waals surface area contributed by atoms with Crippen LogP contribution in [-0.4, -0.2) is 118 Å². The Morgan fingerprint density at radius 2 is 1.72 bits per heavy atom. The number of imidazole rings is 1. The number of aliphatic hydroxyl groups is 1. The molecule has 3 aromatic heterocycles. The minimum absolute atomic E-state index is 0. The summed E-state index contributed by atoms with van der Waals surface area (Å²) in [7, 11) is -13.4. The van der Waals surface area contributed by atoms with Crippen LogP contribution in [0.5, 0.6) is 0 Å². The van der Waals surface area contributed by atoms with Gasteiger partial charge in [0, 0.05) is 20.1 Å². The number of phosphoric acid groups is 2. The zero-order chi connectivity index (χ0) is 38.0. The van der Waals surface area contributed by atoms with Crippen molar-refractivity contribution in [2.24, 2.45) is 0 Å². The molecule has 0 aromatic carbocycles. The van der Waals surface area contributed by atoms with Crippen molar-refractivity contribution < 1.29 is 100 Å². The monoisotopic (exact) mass is 826 g/mol. The van der Waals surface area contributed by atoms with Gasteiger partial charge in [0.25, 0.3) is 11.1 Å². The first-order chi connectivity index (χ1) is 24.4. The van der Waals surface area contributed by atoms with E-state index in [4.69, 9.17) is 44.5 Å². The predicted octanol–water partition coefficient (Wildman–Crippen LogP) is -5.19. The number of fused-ring (bicyclic) bond motifs is 1. The largest absolute Gasteiger partial charge is 1.00 e. The standard InChI is InChI=1S/C23H36N9O17P3.Na/c1-43-18-17(13(9-46-52(40,41)42)48-22(18)32-10-27-16-19(32)29-23(25)30-20(16)35)49-50(36,28-3-2-4-44-51(37,38)39)45-8-11-5-12(33)21(47-11)31-7-14(24)26-6-15(31)34;/h6-7,10-13,17-18,21-22,33H,2-5,8-9,24H2,1H3,(H,28,36)(H2,37,38,39)(H2,40,41,42)(H3,25,29,30,35);/q;+1/t11-,12+,13+,17+,18+,21+,22+,50?;/m0./s1. The number of nitrogens with zero attached hydrogens (tertiary/aromatic N) is 5. The van der Waals surface area contributed by atoms with Gasteiger partial charge < -0.3 is 50.4 Å². The summed E-state index contributed by atoms with van der Waals surface area (Å²) in [6, 6.07) is 0. The molecule has 0 radical (unpaired) electrons. The molecule has 2 fully saturated rings. The summed E-state index contributed by atoms with van der Waals surface area (Å²) in [6.07, 6.45) is -6.09. The van der Waals surface area contributed by atoms with Gasteiger partial charge in [-0.05, 0) is 6.42 Å². The van der Waals surface area contributed by atoms with Crippen molar-refractivity contribution in [2.75, 3.05) is 44.9 Å². The van der Waals surface area contributed by atoms with E-state index in [1.165, 1.54) is 17.9 Å². The average molecular weight is 826 g/mol. The number of hydrogen-bond acceptors (Lipinski definition) is 18. The van der Waals surface area contributed by atoms with Crippen molar-refractivity contribution in [2.45, 2.75) is 55.8 Å². The number of ether oxygens (including phenoxy) is 3. The van der Waals surface area contributed by atoms with E-state index in [0.29, 0.717) is 0 Å². The van der Waals surface area contributed by atoms with E-state index >= 15 is 0 Å². The Morgan fingerprint density at radius 3 is 2.40 bits per heavy atom. The van der Waals surface area contributed by atoms with Crippen molar-refractivity contribution >= 4 is 46.3 Å². The van der Waals surface area contributed by atoms with Crippen LogP contribution in [-0.2, 0) is 46.0 Å². The fourth-order valence-corrected chi connectivity index (χ4v) is 7.70. The minimum atomic E-state index is -5.11. The van der Waals surface area contributed by atoms with Crippen molar-refractivity contribution in [3.8, 4) is 0 Å². The maximum atomic E-state index is 14.4. The van der Waals surface area contributed by atoms with Crippen LogP contribution in [0.15, 0.2) is 28.3 Å². The number of aromatic amines is 1. The minimum Gasteiger partial charge on any atom is -0.388 e. The zero-order valence-electron chi connectivity index (χ0n) is 27.9. The van der Waals surface area contributed by atoms with E-state index in [1.54, 1.807) is 0 Å². The molecular weight excluding hydrogens is 790 g/mol. The fraction of sp³-hybridized carbons (Fsp3) is 0.609. The van der Waals surface area contributed by atoms with Gasteiger partial charge in [0.2, 0.25) is 5.95 Å². The summed E-state index contributed by atoms with van der Waals surface area (Å²) in [5.41, 5.74) is 9.84. The number of phosphoric ester groups is 2. The molecule has 2 aliphatic rings. The molecule has 2 saturated heterocycles. The number of H-pyrrole nitrogens is 1. The van der Waals surface area contributed by atoms with Crippen LogP contribution in [0.2, 0.25) is 0 Å². The van der Waals surface area contributed by atoms with E-state index in [9.17, 15) is 38.2 Å². The van der Waals surface area contributed by atoms with Gasteiger partial charge in [-0.25, -0.2) is 28.8 Å². The Bertz CT molecular complexity index is 1990. The Hall–Kier alpha value is -2.00. The second-order valence-corrected chi connectivity index (χ2v) is 15.5.